The van der Waals surface area contributed by atoms with Gasteiger partial charge in [-0.25, -0.2) is 4.68 Å². The van der Waals surface area contributed by atoms with E-state index in [1.807, 2.05) is 29.8 Å². The normalized spacial score (nSPS) is 11.8. The summed E-state index contributed by atoms with van der Waals surface area (Å²) in [5.41, 5.74) is 8.80. The standard InChI is InChI=1S/C16H25N5/c1-10(2)14(11(3)4)9-21-16(18-19-20-21)13-7-6-12(5)15(17)8-13/h6-8,10-11,14H,9,17H2,1-5H3. The molecule has 0 spiro atoms. The molecule has 0 saturated carbocycles. The molecule has 2 aromatic rings. The smallest absolute Gasteiger partial charge is 0.182 e. The lowest BCUT2D eigenvalue weighted by Crippen LogP contribution is -2.23. The lowest BCUT2D eigenvalue weighted by atomic mass is 9.85. The van der Waals surface area contributed by atoms with Crippen molar-refractivity contribution in [2.24, 2.45) is 17.8 Å². The maximum absolute atomic E-state index is 6.00. The Morgan fingerprint density at radius 1 is 1.14 bits per heavy atom. The topological polar surface area (TPSA) is 69.6 Å². The van der Waals surface area contributed by atoms with Gasteiger partial charge in [0.15, 0.2) is 5.82 Å². The number of anilines is 1. The number of benzene rings is 1. The highest BCUT2D eigenvalue weighted by Crippen LogP contribution is 2.26. The van der Waals surface area contributed by atoms with Crippen molar-refractivity contribution in [2.75, 3.05) is 5.73 Å². The van der Waals surface area contributed by atoms with Gasteiger partial charge < -0.3 is 5.73 Å². The summed E-state index contributed by atoms with van der Waals surface area (Å²) < 4.78 is 1.90. The molecule has 5 heteroatoms. The van der Waals surface area contributed by atoms with Crippen molar-refractivity contribution < 1.29 is 0 Å². The van der Waals surface area contributed by atoms with Crippen LogP contribution in [0.25, 0.3) is 11.4 Å². The molecular weight excluding hydrogens is 262 g/mol. The lowest BCUT2D eigenvalue weighted by molar-refractivity contribution is 0.242. The molecule has 0 radical (unpaired) electrons. The maximum Gasteiger partial charge on any atom is 0.182 e. The van der Waals surface area contributed by atoms with Gasteiger partial charge in [-0.1, -0.05) is 39.8 Å². The minimum atomic E-state index is 0.537. The fourth-order valence-electron chi connectivity index (χ4n) is 2.71. The fourth-order valence-corrected chi connectivity index (χ4v) is 2.71. The van der Waals surface area contributed by atoms with E-state index >= 15 is 0 Å². The van der Waals surface area contributed by atoms with E-state index in [1.165, 1.54) is 0 Å². The minimum Gasteiger partial charge on any atom is -0.398 e. The van der Waals surface area contributed by atoms with Gasteiger partial charge in [0.25, 0.3) is 0 Å². The summed E-state index contributed by atoms with van der Waals surface area (Å²) in [6, 6.07) is 5.97. The van der Waals surface area contributed by atoms with Crippen LogP contribution in [0.2, 0.25) is 0 Å². The summed E-state index contributed by atoms with van der Waals surface area (Å²) in [4.78, 5) is 0. The molecule has 2 N–H and O–H groups in total. The van der Waals surface area contributed by atoms with Crippen LogP contribution in [0.3, 0.4) is 0 Å². The molecule has 0 bridgehead atoms. The van der Waals surface area contributed by atoms with Crippen molar-refractivity contribution in [3.63, 3.8) is 0 Å². The van der Waals surface area contributed by atoms with Crippen molar-refractivity contribution in [1.82, 2.24) is 20.2 Å². The van der Waals surface area contributed by atoms with E-state index in [2.05, 4.69) is 43.2 Å². The predicted molar refractivity (Wildman–Crippen MR) is 85.6 cm³/mol. The second kappa shape index (κ2) is 6.24. The van der Waals surface area contributed by atoms with Gasteiger partial charge in [0.2, 0.25) is 0 Å². The van der Waals surface area contributed by atoms with Crippen LogP contribution in [0.4, 0.5) is 5.69 Å². The monoisotopic (exact) mass is 287 g/mol. The minimum absolute atomic E-state index is 0.537. The van der Waals surface area contributed by atoms with Gasteiger partial charge in [0, 0.05) is 17.8 Å². The first-order valence-corrected chi connectivity index (χ1v) is 7.52. The Balaban J connectivity index is 2.31. The molecule has 0 aliphatic carbocycles. The van der Waals surface area contributed by atoms with Gasteiger partial charge in [-0.15, -0.1) is 5.10 Å². The van der Waals surface area contributed by atoms with Gasteiger partial charge in [-0.05, 0) is 46.7 Å². The number of rotatable bonds is 5. The number of nitrogens with zero attached hydrogens (tertiary/aromatic N) is 4. The molecule has 0 aliphatic rings. The zero-order valence-electron chi connectivity index (χ0n) is 13.5. The van der Waals surface area contributed by atoms with E-state index in [0.29, 0.717) is 17.8 Å². The summed E-state index contributed by atoms with van der Waals surface area (Å²) in [5.74, 6) is 2.50. The highest BCUT2D eigenvalue weighted by Gasteiger charge is 2.21. The summed E-state index contributed by atoms with van der Waals surface area (Å²) in [6.07, 6.45) is 0. The van der Waals surface area contributed by atoms with Crippen molar-refractivity contribution in [1.29, 1.82) is 0 Å². The van der Waals surface area contributed by atoms with Crippen LogP contribution in [-0.4, -0.2) is 20.2 Å². The van der Waals surface area contributed by atoms with Gasteiger partial charge in [0.1, 0.15) is 0 Å². The maximum atomic E-state index is 6.00. The third kappa shape index (κ3) is 3.40. The first-order chi connectivity index (χ1) is 9.90. The second-order valence-electron chi connectivity index (χ2n) is 6.41. The molecule has 1 aromatic carbocycles. The fraction of sp³-hybridized carbons (Fsp3) is 0.562. The number of nitrogens with two attached hydrogens (primary N) is 1. The van der Waals surface area contributed by atoms with Crippen molar-refractivity contribution in [3.8, 4) is 11.4 Å². The number of hydrogen-bond acceptors (Lipinski definition) is 4. The summed E-state index contributed by atoms with van der Waals surface area (Å²) in [6.45, 7) is 11.8. The average molecular weight is 287 g/mol. The second-order valence-corrected chi connectivity index (χ2v) is 6.41. The van der Waals surface area contributed by atoms with Crippen LogP contribution in [0.1, 0.15) is 33.3 Å². The molecule has 0 unspecified atom stereocenters. The van der Waals surface area contributed by atoms with E-state index in [9.17, 15) is 0 Å². The third-order valence-corrected chi connectivity index (χ3v) is 4.17. The molecular formula is C16H25N5. The molecule has 2 rings (SSSR count). The number of aromatic nitrogens is 4. The van der Waals surface area contributed by atoms with E-state index in [-0.39, 0.29) is 0 Å². The third-order valence-electron chi connectivity index (χ3n) is 4.17. The molecule has 0 saturated heterocycles. The molecule has 0 aliphatic heterocycles. The van der Waals surface area contributed by atoms with Crippen LogP contribution in [0, 0.1) is 24.7 Å². The Morgan fingerprint density at radius 3 is 2.38 bits per heavy atom. The van der Waals surface area contributed by atoms with Gasteiger partial charge in [-0.3, -0.25) is 0 Å². The summed E-state index contributed by atoms with van der Waals surface area (Å²) in [7, 11) is 0. The molecule has 0 fully saturated rings. The number of tetrazole rings is 1. The Kier molecular flexibility index (Phi) is 4.60. The number of nitrogen functional groups attached to an aromatic ring is 1. The Labute approximate surface area is 126 Å². The van der Waals surface area contributed by atoms with Gasteiger partial charge in [0.05, 0.1) is 0 Å². The van der Waals surface area contributed by atoms with Crippen LogP contribution >= 0.6 is 0 Å². The van der Waals surface area contributed by atoms with Crippen LogP contribution in [-0.2, 0) is 6.54 Å². The van der Waals surface area contributed by atoms with Crippen LogP contribution in [0.5, 0.6) is 0 Å². The number of aryl methyl sites for hydroxylation is 1. The van der Waals surface area contributed by atoms with Crippen LogP contribution in [0.15, 0.2) is 18.2 Å². The predicted octanol–water partition coefficient (Wildman–Crippen LogP) is 3.16. The highest BCUT2D eigenvalue weighted by atomic mass is 15.5. The quantitative estimate of drug-likeness (QED) is 0.858. The first-order valence-electron chi connectivity index (χ1n) is 7.52. The molecule has 21 heavy (non-hydrogen) atoms. The van der Waals surface area contributed by atoms with Crippen molar-refractivity contribution >= 4 is 5.69 Å². The van der Waals surface area contributed by atoms with E-state index in [0.717, 1.165) is 29.2 Å². The lowest BCUT2D eigenvalue weighted by Gasteiger charge is -2.24. The Bertz CT molecular complexity index is 592. The zero-order valence-corrected chi connectivity index (χ0v) is 13.5. The molecule has 0 atom stereocenters. The van der Waals surface area contributed by atoms with Gasteiger partial charge in [-0.2, -0.15) is 0 Å². The average Bonchev–Trinajstić information content (AvgIpc) is 2.86. The van der Waals surface area contributed by atoms with Crippen molar-refractivity contribution in [3.05, 3.63) is 23.8 Å². The molecule has 0 amide bonds. The van der Waals surface area contributed by atoms with Gasteiger partial charge >= 0.3 is 0 Å². The van der Waals surface area contributed by atoms with E-state index < -0.39 is 0 Å². The zero-order chi connectivity index (χ0) is 15.6. The van der Waals surface area contributed by atoms with Crippen LogP contribution < -0.4 is 5.73 Å². The first kappa shape index (κ1) is 15.5. The molecule has 1 aromatic heterocycles. The Morgan fingerprint density at radius 2 is 1.81 bits per heavy atom. The summed E-state index contributed by atoms with van der Waals surface area (Å²) >= 11 is 0. The van der Waals surface area contributed by atoms with Crippen molar-refractivity contribution in [2.45, 2.75) is 41.2 Å². The molecule has 5 nitrogen and oxygen atoms in total. The van der Waals surface area contributed by atoms with E-state index in [1.54, 1.807) is 0 Å². The number of hydrogen-bond donors (Lipinski definition) is 1. The molecule has 114 valence electrons. The van der Waals surface area contributed by atoms with E-state index in [4.69, 9.17) is 5.73 Å². The summed E-state index contributed by atoms with van der Waals surface area (Å²) in [5, 5.41) is 12.2. The Hall–Kier alpha value is -1.91. The molecule has 1 heterocycles. The SMILES string of the molecule is Cc1ccc(-c2nnnn2CC(C(C)C)C(C)C)cc1N. The highest BCUT2D eigenvalue weighted by molar-refractivity contribution is 5.63. The largest absolute Gasteiger partial charge is 0.398 e.